The summed E-state index contributed by atoms with van der Waals surface area (Å²) in [4.78, 5) is 0.201. The van der Waals surface area contributed by atoms with Crippen LogP contribution in [0.2, 0.25) is 0 Å². The van der Waals surface area contributed by atoms with Crippen molar-refractivity contribution in [2.24, 2.45) is 0 Å². The molecule has 134 valence electrons. The fourth-order valence-electron chi connectivity index (χ4n) is 2.63. The van der Waals surface area contributed by atoms with E-state index in [9.17, 15) is 8.42 Å². The van der Waals surface area contributed by atoms with Gasteiger partial charge in [-0.2, -0.15) is 8.42 Å². The van der Waals surface area contributed by atoms with Gasteiger partial charge >= 0.3 is 0 Å². The molecule has 0 saturated heterocycles. The summed E-state index contributed by atoms with van der Waals surface area (Å²) in [6.45, 7) is 2.08. The van der Waals surface area contributed by atoms with E-state index in [0.29, 0.717) is 6.16 Å². The molecule has 3 nitrogen and oxygen atoms in total. The van der Waals surface area contributed by atoms with Crippen molar-refractivity contribution in [3.05, 3.63) is 90.5 Å². The molecule has 0 fully saturated rings. The van der Waals surface area contributed by atoms with Gasteiger partial charge in [0.2, 0.25) is 0 Å². The van der Waals surface area contributed by atoms with Crippen LogP contribution in [0.25, 0.3) is 0 Å². The van der Waals surface area contributed by atoms with E-state index < -0.39 is 18.0 Å². The normalized spacial score (nSPS) is 11.6. The van der Waals surface area contributed by atoms with E-state index in [0.717, 1.165) is 5.56 Å². The van der Waals surface area contributed by atoms with Crippen LogP contribution < -0.4 is 10.6 Å². The summed E-state index contributed by atoms with van der Waals surface area (Å²) in [5.41, 5.74) is 1.01. The van der Waals surface area contributed by atoms with Gasteiger partial charge < -0.3 is 0 Å². The fraction of sp³-hybridized carbons (Fsp3) is 0.143. The third kappa shape index (κ3) is 4.79. The molecule has 0 N–H and O–H groups in total. The quantitative estimate of drug-likeness (QED) is 0.459. The molecule has 0 aliphatic heterocycles. The Morgan fingerprint density at radius 2 is 1.27 bits per heavy atom. The molecule has 0 unspecified atom stereocenters. The van der Waals surface area contributed by atoms with Gasteiger partial charge in [-0.1, -0.05) is 78.4 Å². The van der Waals surface area contributed by atoms with Crippen molar-refractivity contribution in [3.63, 3.8) is 0 Å². The lowest BCUT2D eigenvalue weighted by Gasteiger charge is -2.18. The second kappa shape index (κ2) is 8.59. The second-order valence-corrected chi connectivity index (χ2v) is 9.86. The lowest BCUT2D eigenvalue weighted by molar-refractivity contribution is 0.340. The minimum absolute atomic E-state index is 0.158. The highest BCUT2D eigenvalue weighted by Gasteiger charge is 2.18. The van der Waals surface area contributed by atoms with Crippen molar-refractivity contribution < 1.29 is 12.6 Å². The Hall–Kier alpha value is -2.00. The molecule has 0 aliphatic carbocycles. The summed E-state index contributed by atoms with van der Waals surface area (Å²) in [5, 5.41) is 2.43. The minimum Gasteiger partial charge on any atom is -0.266 e. The van der Waals surface area contributed by atoms with Crippen molar-refractivity contribution in [2.45, 2.75) is 11.8 Å². The summed E-state index contributed by atoms with van der Waals surface area (Å²) in [6, 6.07) is 27.1. The first-order valence-electron chi connectivity index (χ1n) is 8.40. The zero-order valence-corrected chi connectivity index (χ0v) is 16.3. The third-order valence-corrected chi connectivity index (χ3v) is 7.80. The first kappa shape index (κ1) is 18.8. The molecule has 3 aromatic rings. The minimum atomic E-state index is -3.73. The summed E-state index contributed by atoms with van der Waals surface area (Å²) in [6.07, 6.45) is 0.647. The SMILES string of the molecule is Cc1ccc(S(=O)(=O)OCCP(c2ccccc2)c2ccccc2)cc1. The van der Waals surface area contributed by atoms with E-state index in [4.69, 9.17) is 4.18 Å². The standard InChI is InChI=1S/C21H21O3PS/c1-18-12-14-21(15-13-18)26(22,23)24-16-17-25(19-8-4-2-5-9-19)20-10-6-3-7-11-20/h2-15H,16-17H2,1H3. The lowest BCUT2D eigenvalue weighted by Crippen LogP contribution is -2.18. The Morgan fingerprint density at radius 3 is 1.77 bits per heavy atom. The molecular formula is C21H21O3PS. The first-order valence-corrected chi connectivity index (χ1v) is 11.3. The molecule has 0 atom stereocenters. The molecule has 0 saturated carbocycles. The highest BCUT2D eigenvalue weighted by Crippen LogP contribution is 2.33. The highest BCUT2D eigenvalue weighted by atomic mass is 32.2. The third-order valence-electron chi connectivity index (χ3n) is 4.00. The van der Waals surface area contributed by atoms with Gasteiger partial charge in [-0.15, -0.1) is 0 Å². The Morgan fingerprint density at radius 1 is 0.769 bits per heavy atom. The molecule has 0 spiro atoms. The van der Waals surface area contributed by atoms with Gasteiger partial charge in [0.25, 0.3) is 10.1 Å². The molecule has 0 heterocycles. The molecule has 3 rings (SSSR count). The summed E-state index contributed by atoms with van der Waals surface area (Å²) >= 11 is 0. The van der Waals surface area contributed by atoms with Crippen LogP contribution in [-0.4, -0.2) is 21.2 Å². The van der Waals surface area contributed by atoms with Crippen molar-refractivity contribution in [2.75, 3.05) is 12.8 Å². The van der Waals surface area contributed by atoms with E-state index in [1.54, 1.807) is 24.3 Å². The molecule has 26 heavy (non-hydrogen) atoms. The van der Waals surface area contributed by atoms with Crippen molar-refractivity contribution >= 4 is 28.6 Å². The topological polar surface area (TPSA) is 43.4 Å². The fourth-order valence-corrected chi connectivity index (χ4v) is 5.82. The molecular weight excluding hydrogens is 363 g/mol. The van der Waals surface area contributed by atoms with E-state index in [-0.39, 0.29) is 11.5 Å². The molecule has 0 bridgehead atoms. The molecule has 0 aliphatic rings. The molecule has 5 heteroatoms. The van der Waals surface area contributed by atoms with Gasteiger partial charge in [-0.3, -0.25) is 4.18 Å². The number of hydrogen-bond acceptors (Lipinski definition) is 3. The monoisotopic (exact) mass is 384 g/mol. The maximum absolute atomic E-state index is 12.4. The van der Waals surface area contributed by atoms with Gasteiger partial charge in [0, 0.05) is 6.16 Å². The van der Waals surface area contributed by atoms with Gasteiger partial charge in [-0.05, 0) is 37.6 Å². The van der Waals surface area contributed by atoms with Crippen molar-refractivity contribution in [1.82, 2.24) is 0 Å². The maximum Gasteiger partial charge on any atom is 0.296 e. The Labute approximate surface area is 156 Å². The number of hydrogen-bond donors (Lipinski definition) is 0. The lowest BCUT2D eigenvalue weighted by atomic mass is 10.2. The largest absolute Gasteiger partial charge is 0.296 e. The maximum atomic E-state index is 12.4. The first-order chi connectivity index (χ1) is 12.6. The molecule has 0 aromatic heterocycles. The molecule has 0 amide bonds. The zero-order valence-electron chi connectivity index (χ0n) is 14.6. The number of benzene rings is 3. The predicted molar refractivity (Wildman–Crippen MR) is 108 cm³/mol. The highest BCUT2D eigenvalue weighted by molar-refractivity contribution is 7.86. The average Bonchev–Trinajstić information content (AvgIpc) is 2.67. The van der Waals surface area contributed by atoms with Gasteiger partial charge in [0.15, 0.2) is 0 Å². The van der Waals surface area contributed by atoms with Crippen molar-refractivity contribution in [1.29, 1.82) is 0 Å². The number of rotatable bonds is 7. The predicted octanol–water partition coefficient (Wildman–Crippen LogP) is 3.83. The van der Waals surface area contributed by atoms with Crippen LogP contribution >= 0.6 is 7.92 Å². The van der Waals surface area contributed by atoms with Gasteiger partial charge in [0.1, 0.15) is 0 Å². The van der Waals surface area contributed by atoms with E-state index in [2.05, 4.69) is 24.3 Å². The van der Waals surface area contributed by atoms with Crippen LogP contribution in [0.15, 0.2) is 89.8 Å². The molecule has 0 radical (unpaired) electrons. The van der Waals surface area contributed by atoms with Gasteiger partial charge in [-0.25, -0.2) is 0 Å². The zero-order chi connectivity index (χ0) is 18.4. The van der Waals surface area contributed by atoms with Crippen LogP contribution in [-0.2, 0) is 14.3 Å². The van der Waals surface area contributed by atoms with Gasteiger partial charge in [0.05, 0.1) is 11.5 Å². The van der Waals surface area contributed by atoms with Crippen LogP contribution in [0.4, 0.5) is 0 Å². The number of aryl methyl sites for hydroxylation is 1. The van der Waals surface area contributed by atoms with E-state index in [1.165, 1.54) is 10.6 Å². The van der Waals surface area contributed by atoms with E-state index >= 15 is 0 Å². The Bertz CT molecular complexity index is 885. The summed E-state index contributed by atoms with van der Waals surface area (Å²) in [7, 11) is -4.39. The van der Waals surface area contributed by atoms with Crippen LogP contribution in [0.3, 0.4) is 0 Å². The second-order valence-electron chi connectivity index (χ2n) is 5.91. The average molecular weight is 384 g/mol. The van der Waals surface area contributed by atoms with Crippen molar-refractivity contribution in [3.8, 4) is 0 Å². The van der Waals surface area contributed by atoms with Crippen LogP contribution in [0.5, 0.6) is 0 Å². The Kier molecular flexibility index (Phi) is 6.20. The molecule has 3 aromatic carbocycles. The summed E-state index contributed by atoms with van der Waals surface area (Å²) < 4.78 is 30.1. The summed E-state index contributed by atoms with van der Waals surface area (Å²) in [5.74, 6) is 0. The Balaban J connectivity index is 1.73. The van der Waals surface area contributed by atoms with E-state index in [1.807, 2.05) is 43.3 Å². The van der Waals surface area contributed by atoms with Crippen LogP contribution in [0.1, 0.15) is 5.56 Å². The smallest absolute Gasteiger partial charge is 0.266 e. The van der Waals surface area contributed by atoms with Crippen LogP contribution in [0, 0.1) is 6.92 Å².